The van der Waals surface area contributed by atoms with Crippen LogP contribution in [0.1, 0.15) is 24.0 Å². The number of aliphatic carboxylic acids is 1. The normalized spacial score (nSPS) is 12.8. The van der Waals surface area contributed by atoms with Crippen LogP contribution in [0.3, 0.4) is 0 Å². The van der Waals surface area contributed by atoms with Crippen LogP contribution >= 0.6 is 0 Å². The summed E-state index contributed by atoms with van der Waals surface area (Å²) in [5.74, 6) is -1.06. The Kier molecular flexibility index (Phi) is 5.54. The van der Waals surface area contributed by atoms with Crippen LogP contribution in [-0.4, -0.2) is 23.5 Å². The van der Waals surface area contributed by atoms with Crippen molar-refractivity contribution in [1.82, 2.24) is 5.32 Å². The van der Waals surface area contributed by atoms with Crippen LogP contribution in [0, 0.1) is 0 Å². The van der Waals surface area contributed by atoms with Crippen molar-refractivity contribution in [2.45, 2.75) is 31.5 Å². The minimum absolute atomic E-state index is 0.0322. The maximum absolute atomic E-state index is 12.8. The van der Waals surface area contributed by atoms with Crippen molar-refractivity contribution in [2.24, 2.45) is 0 Å². The van der Waals surface area contributed by atoms with Crippen LogP contribution in [-0.2, 0) is 22.2 Å². The van der Waals surface area contributed by atoms with E-state index in [2.05, 4.69) is 5.32 Å². The predicted octanol–water partition coefficient (Wildman–Crippen LogP) is 2.23. The summed E-state index contributed by atoms with van der Waals surface area (Å²) in [6.07, 6.45) is -4.33. The lowest BCUT2D eigenvalue weighted by atomic mass is 9.97. The average molecular weight is 289 g/mol. The zero-order valence-corrected chi connectivity index (χ0v) is 10.5. The highest BCUT2D eigenvalue weighted by Gasteiger charge is 2.33. The van der Waals surface area contributed by atoms with Crippen molar-refractivity contribution in [1.29, 1.82) is 0 Å². The van der Waals surface area contributed by atoms with Crippen molar-refractivity contribution >= 4 is 12.4 Å². The summed E-state index contributed by atoms with van der Waals surface area (Å²) in [5.41, 5.74) is -0.738. The molecule has 0 fully saturated rings. The van der Waals surface area contributed by atoms with Gasteiger partial charge in [0, 0.05) is 12.5 Å². The van der Waals surface area contributed by atoms with E-state index in [-0.39, 0.29) is 24.8 Å². The zero-order valence-electron chi connectivity index (χ0n) is 10.5. The second-order valence-electron chi connectivity index (χ2n) is 4.27. The van der Waals surface area contributed by atoms with Crippen molar-refractivity contribution in [2.75, 3.05) is 0 Å². The van der Waals surface area contributed by atoms with Crippen LogP contribution in [0.25, 0.3) is 0 Å². The molecule has 0 aromatic heterocycles. The molecule has 110 valence electrons. The van der Waals surface area contributed by atoms with Crippen LogP contribution in [0.5, 0.6) is 0 Å². The minimum Gasteiger partial charge on any atom is -0.481 e. The maximum Gasteiger partial charge on any atom is 0.416 e. The Balaban J connectivity index is 2.87. The fourth-order valence-electron chi connectivity index (χ4n) is 1.88. The van der Waals surface area contributed by atoms with Gasteiger partial charge in [-0.3, -0.25) is 9.59 Å². The highest BCUT2D eigenvalue weighted by atomic mass is 19.4. The summed E-state index contributed by atoms with van der Waals surface area (Å²) >= 11 is 0. The number of alkyl halides is 3. The summed E-state index contributed by atoms with van der Waals surface area (Å²) in [6, 6.07) is 4.39. The van der Waals surface area contributed by atoms with Crippen LogP contribution in [0.4, 0.5) is 13.2 Å². The summed E-state index contributed by atoms with van der Waals surface area (Å²) in [7, 11) is 0. The number of halogens is 3. The molecule has 1 aromatic carbocycles. The third-order valence-corrected chi connectivity index (χ3v) is 2.80. The standard InChI is InChI=1S/C13H14F3NO3/c14-13(15,16)11-4-2-1-3-9(11)7-10(17-8-18)5-6-12(19)20/h1-4,8,10H,5-7H2,(H,17,18)(H,19,20). The van der Waals surface area contributed by atoms with Gasteiger partial charge in [-0.2, -0.15) is 13.2 Å². The van der Waals surface area contributed by atoms with Gasteiger partial charge in [0.25, 0.3) is 0 Å². The van der Waals surface area contributed by atoms with E-state index in [1.165, 1.54) is 18.2 Å². The largest absolute Gasteiger partial charge is 0.481 e. The van der Waals surface area contributed by atoms with Crippen molar-refractivity contribution in [3.05, 3.63) is 35.4 Å². The Labute approximate surface area is 113 Å². The highest BCUT2D eigenvalue weighted by molar-refractivity contribution is 5.66. The SMILES string of the molecule is O=CNC(CCC(=O)O)Cc1ccccc1C(F)(F)F. The maximum atomic E-state index is 12.8. The molecule has 0 aliphatic rings. The van der Waals surface area contributed by atoms with Gasteiger partial charge in [0.05, 0.1) is 5.56 Å². The molecule has 7 heteroatoms. The zero-order chi connectivity index (χ0) is 15.2. The first kappa shape index (κ1) is 16.0. The lowest BCUT2D eigenvalue weighted by Crippen LogP contribution is -2.31. The summed E-state index contributed by atoms with van der Waals surface area (Å²) in [6.45, 7) is 0. The number of hydrogen-bond donors (Lipinski definition) is 2. The third kappa shape index (κ3) is 4.91. The number of carboxylic acid groups (broad SMARTS) is 1. The van der Waals surface area contributed by atoms with E-state index < -0.39 is 23.8 Å². The average Bonchev–Trinajstić information content (AvgIpc) is 2.35. The van der Waals surface area contributed by atoms with Crippen molar-refractivity contribution in [3.8, 4) is 0 Å². The molecule has 1 amide bonds. The molecule has 0 saturated carbocycles. The van der Waals surface area contributed by atoms with Gasteiger partial charge in [0.2, 0.25) is 6.41 Å². The number of hydrogen-bond acceptors (Lipinski definition) is 2. The van der Waals surface area contributed by atoms with E-state index in [0.29, 0.717) is 6.41 Å². The lowest BCUT2D eigenvalue weighted by molar-refractivity contribution is -0.139. The van der Waals surface area contributed by atoms with Crippen LogP contribution in [0.15, 0.2) is 24.3 Å². The monoisotopic (exact) mass is 289 g/mol. The molecule has 0 spiro atoms. The Bertz CT molecular complexity index is 474. The van der Waals surface area contributed by atoms with E-state index in [9.17, 15) is 22.8 Å². The molecular formula is C13H14F3NO3. The molecule has 20 heavy (non-hydrogen) atoms. The number of amides is 1. The summed E-state index contributed by atoms with van der Waals surface area (Å²) < 4.78 is 38.4. The summed E-state index contributed by atoms with van der Waals surface area (Å²) in [4.78, 5) is 20.9. The second kappa shape index (κ2) is 6.93. The molecule has 4 nitrogen and oxygen atoms in total. The first-order valence-electron chi connectivity index (χ1n) is 5.91. The molecule has 0 saturated heterocycles. The van der Waals surface area contributed by atoms with Gasteiger partial charge in [-0.1, -0.05) is 18.2 Å². The Hall–Kier alpha value is -2.05. The first-order valence-corrected chi connectivity index (χ1v) is 5.91. The number of benzene rings is 1. The number of nitrogens with one attached hydrogen (secondary N) is 1. The lowest BCUT2D eigenvalue weighted by Gasteiger charge is -2.18. The van der Waals surface area contributed by atoms with Crippen molar-refractivity contribution < 1.29 is 27.9 Å². The Morgan fingerprint density at radius 1 is 1.35 bits per heavy atom. The van der Waals surface area contributed by atoms with Gasteiger partial charge in [0.15, 0.2) is 0 Å². The molecule has 2 N–H and O–H groups in total. The molecule has 0 aliphatic heterocycles. The van der Waals surface area contributed by atoms with Crippen LogP contribution < -0.4 is 5.32 Å². The quantitative estimate of drug-likeness (QED) is 0.756. The predicted molar refractivity (Wildman–Crippen MR) is 65.0 cm³/mol. The first-order chi connectivity index (χ1) is 9.34. The minimum atomic E-state index is -4.48. The van der Waals surface area contributed by atoms with E-state index >= 15 is 0 Å². The molecule has 0 aliphatic carbocycles. The van der Waals surface area contributed by atoms with Crippen LogP contribution in [0.2, 0.25) is 0 Å². The molecule has 0 heterocycles. The third-order valence-electron chi connectivity index (χ3n) is 2.80. The van der Waals surface area contributed by atoms with Gasteiger partial charge >= 0.3 is 12.1 Å². The van der Waals surface area contributed by atoms with Gasteiger partial charge < -0.3 is 10.4 Å². The fourth-order valence-corrected chi connectivity index (χ4v) is 1.88. The molecule has 1 rings (SSSR count). The van der Waals surface area contributed by atoms with Gasteiger partial charge in [0.1, 0.15) is 0 Å². The molecule has 0 radical (unpaired) electrons. The number of carboxylic acids is 1. The van der Waals surface area contributed by atoms with E-state index in [1.54, 1.807) is 0 Å². The molecule has 0 bridgehead atoms. The van der Waals surface area contributed by atoms with E-state index in [0.717, 1.165) is 6.07 Å². The number of carbonyl (C=O) groups is 2. The highest BCUT2D eigenvalue weighted by Crippen LogP contribution is 2.32. The Morgan fingerprint density at radius 3 is 2.55 bits per heavy atom. The Morgan fingerprint density at radius 2 is 2.00 bits per heavy atom. The van der Waals surface area contributed by atoms with Gasteiger partial charge in [-0.25, -0.2) is 0 Å². The molecular weight excluding hydrogens is 275 g/mol. The molecule has 1 unspecified atom stereocenters. The fraction of sp³-hybridized carbons (Fsp3) is 0.385. The second-order valence-corrected chi connectivity index (χ2v) is 4.27. The topological polar surface area (TPSA) is 66.4 Å². The molecule has 1 atom stereocenters. The number of rotatable bonds is 7. The van der Waals surface area contributed by atoms with Gasteiger partial charge in [-0.05, 0) is 24.5 Å². The smallest absolute Gasteiger partial charge is 0.416 e. The van der Waals surface area contributed by atoms with E-state index in [1.807, 2.05) is 0 Å². The molecule has 1 aromatic rings. The van der Waals surface area contributed by atoms with Gasteiger partial charge in [-0.15, -0.1) is 0 Å². The number of carbonyl (C=O) groups excluding carboxylic acids is 1. The summed E-state index contributed by atoms with van der Waals surface area (Å²) in [5, 5.41) is 10.9. The van der Waals surface area contributed by atoms with E-state index in [4.69, 9.17) is 5.11 Å². The van der Waals surface area contributed by atoms with Crippen molar-refractivity contribution in [3.63, 3.8) is 0 Å².